The average molecular weight is 358 g/mol. The van der Waals surface area contributed by atoms with Crippen LogP contribution in [-0.2, 0) is 16.0 Å². The molecule has 6 heteroatoms. The highest BCUT2D eigenvalue weighted by Crippen LogP contribution is 2.30. The van der Waals surface area contributed by atoms with Crippen LogP contribution in [0.15, 0.2) is 28.8 Å². The number of nitrogens with one attached hydrogen (secondary N) is 1. The lowest BCUT2D eigenvalue weighted by molar-refractivity contribution is -0.122. The number of allylic oxidation sites excluding steroid dienone is 3. The van der Waals surface area contributed by atoms with Crippen LogP contribution in [0.3, 0.4) is 0 Å². The molecule has 0 saturated carbocycles. The Kier molecular flexibility index (Phi) is 5.71. The minimum absolute atomic E-state index is 0.0329. The number of fused-ring (bicyclic) bond motifs is 1. The molecule has 26 heavy (non-hydrogen) atoms. The van der Waals surface area contributed by atoms with Crippen molar-refractivity contribution in [2.24, 2.45) is 5.41 Å². The molecular formula is C20H26N2O4. The van der Waals surface area contributed by atoms with Crippen molar-refractivity contribution in [2.45, 2.75) is 52.0 Å². The summed E-state index contributed by atoms with van der Waals surface area (Å²) in [6.07, 6.45) is 11.5. The van der Waals surface area contributed by atoms with Crippen molar-refractivity contribution in [1.29, 1.82) is 0 Å². The highest BCUT2D eigenvalue weighted by atomic mass is 16.5. The lowest BCUT2D eigenvalue weighted by Crippen LogP contribution is -2.34. The number of Topliss-reactive ketones (excluding diaryl/α,β-unsaturated/α-hetero) is 1. The molecule has 0 saturated heterocycles. The summed E-state index contributed by atoms with van der Waals surface area (Å²) in [6, 6.07) is -0.483. The number of hydrogen-bond acceptors (Lipinski definition) is 5. The van der Waals surface area contributed by atoms with Crippen LogP contribution in [0.25, 0.3) is 0 Å². The summed E-state index contributed by atoms with van der Waals surface area (Å²) in [5, 5.41) is 7.02. The Morgan fingerprint density at radius 2 is 2.27 bits per heavy atom. The van der Waals surface area contributed by atoms with Crippen molar-refractivity contribution in [3.05, 3.63) is 41.3 Å². The van der Waals surface area contributed by atoms with Crippen molar-refractivity contribution in [3.63, 3.8) is 0 Å². The van der Waals surface area contributed by atoms with Gasteiger partial charge < -0.3 is 14.6 Å². The fourth-order valence-corrected chi connectivity index (χ4v) is 3.35. The lowest BCUT2D eigenvalue weighted by Gasteiger charge is -2.27. The second-order valence-electron chi connectivity index (χ2n) is 7.28. The number of ether oxygens (including phenoxy) is 1. The Morgan fingerprint density at radius 3 is 3.00 bits per heavy atom. The van der Waals surface area contributed by atoms with Crippen LogP contribution in [-0.4, -0.2) is 30.1 Å². The summed E-state index contributed by atoms with van der Waals surface area (Å²) in [7, 11) is 0. The Hall–Kier alpha value is -2.21. The van der Waals surface area contributed by atoms with Crippen LogP contribution < -0.4 is 5.32 Å². The first-order valence-corrected chi connectivity index (χ1v) is 9.25. The molecule has 0 fully saturated rings. The summed E-state index contributed by atoms with van der Waals surface area (Å²) in [4.78, 5) is 24.3. The zero-order chi connectivity index (χ0) is 18.6. The number of nitrogens with zero attached hydrogens (tertiary/aromatic N) is 1. The Morgan fingerprint density at radius 1 is 1.42 bits per heavy atom. The van der Waals surface area contributed by atoms with Crippen LogP contribution in [0.2, 0.25) is 0 Å². The van der Waals surface area contributed by atoms with Gasteiger partial charge in [0.25, 0.3) is 0 Å². The fraction of sp³-hybridized carbons (Fsp3) is 0.550. The molecule has 0 radical (unpaired) electrons. The standard InChI is InChI=1S/C20H26N2O4/c1-3-17(24)21-14(12-25-13-20(2)10-5-4-6-11-20)19-18-15(23)8-7-9-16(18)26-22-19/h4-6,10,14H,3,7-9,11-13H2,1-2H3,(H,21,24)/t14-,20?/m1/s1. The van der Waals surface area contributed by atoms with Gasteiger partial charge in [-0.2, -0.15) is 0 Å². The van der Waals surface area contributed by atoms with Crippen molar-refractivity contribution >= 4 is 11.7 Å². The van der Waals surface area contributed by atoms with E-state index in [1.807, 2.05) is 12.2 Å². The van der Waals surface area contributed by atoms with Crippen molar-refractivity contribution in [3.8, 4) is 0 Å². The third kappa shape index (κ3) is 4.12. The summed E-state index contributed by atoms with van der Waals surface area (Å²) in [5.41, 5.74) is 0.969. The number of carbonyl (C=O) groups is 2. The van der Waals surface area contributed by atoms with E-state index in [9.17, 15) is 9.59 Å². The van der Waals surface area contributed by atoms with Gasteiger partial charge in [-0.15, -0.1) is 0 Å². The molecule has 1 heterocycles. The molecule has 0 bridgehead atoms. The zero-order valence-electron chi connectivity index (χ0n) is 15.4. The van der Waals surface area contributed by atoms with Gasteiger partial charge in [0.1, 0.15) is 11.5 Å². The second kappa shape index (κ2) is 7.99. The molecule has 1 unspecified atom stereocenters. The summed E-state index contributed by atoms with van der Waals surface area (Å²) >= 11 is 0. The number of aryl methyl sites for hydroxylation is 1. The number of rotatable bonds is 7. The van der Waals surface area contributed by atoms with Crippen LogP contribution in [0, 0.1) is 5.41 Å². The Bertz CT molecular complexity index is 734. The van der Waals surface area contributed by atoms with E-state index in [1.54, 1.807) is 6.92 Å². The SMILES string of the molecule is CCC(=O)N[C@H](COCC1(C)C=CC=CC1)c1noc2c1C(=O)CCC2. The molecule has 0 aliphatic heterocycles. The van der Waals surface area contributed by atoms with E-state index < -0.39 is 6.04 Å². The Balaban J connectivity index is 1.73. The number of amides is 1. The molecule has 2 aliphatic rings. The fourth-order valence-electron chi connectivity index (χ4n) is 3.35. The van der Waals surface area contributed by atoms with Crippen molar-refractivity contribution in [1.82, 2.24) is 10.5 Å². The molecule has 1 N–H and O–H groups in total. The van der Waals surface area contributed by atoms with Crippen molar-refractivity contribution < 1.29 is 18.8 Å². The monoisotopic (exact) mass is 358 g/mol. The summed E-state index contributed by atoms with van der Waals surface area (Å²) in [5.74, 6) is 0.551. The van der Waals surface area contributed by atoms with E-state index in [4.69, 9.17) is 9.26 Å². The second-order valence-corrected chi connectivity index (χ2v) is 7.28. The molecule has 0 spiro atoms. The van der Waals surface area contributed by atoms with E-state index >= 15 is 0 Å². The number of carbonyl (C=O) groups excluding carboxylic acids is 2. The Labute approximate surface area is 153 Å². The van der Waals surface area contributed by atoms with Gasteiger partial charge in [0.2, 0.25) is 5.91 Å². The molecule has 1 aromatic heterocycles. The van der Waals surface area contributed by atoms with Gasteiger partial charge in [-0.3, -0.25) is 9.59 Å². The molecule has 0 aromatic carbocycles. The maximum Gasteiger partial charge on any atom is 0.220 e. The molecule has 6 nitrogen and oxygen atoms in total. The van der Waals surface area contributed by atoms with Gasteiger partial charge in [0, 0.05) is 24.7 Å². The van der Waals surface area contributed by atoms with Crippen LogP contribution in [0.1, 0.15) is 67.4 Å². The average Bonchev–Trinajstić information content (AvgIpc) is 3.06. The van der Waals surface area contributed by atoms with Gasteiger partial charge in [0.05, 0.1) is 24.8 Å². The van der Waals surface area contributed by atoms with Crippen LogP contribution >= 0.6 is 0 Å². The van der Waals surface area contributed by atoms with E-state index in [0.717, 1.165) is 12.8 Å². The summed E-state index contributed by atoms with van der Waals surface area (Å²) in [6.45, 7) is 4.70. The first-order chi connectivity index (χ1) is 12.5. The maximum absolute atomic E-state index is 12.3. The molecule has 1 amide bonds. The largest absolute Gasteiger partial charge is 0.378 e. The molecule has 3 rings (SSSR count). The normalized spacial score (nSPS) is 22.9. The number of ketones is 1. The number of hydrogen-bond donors (Lipinski definition) is 1. The van der Waals surface area contributed by atoms with Crippen LogP contribution in [0.5, 0.6) is 0 Å². The molecular weight excluding hydrogens is 332 g/mol. The zero-order valence-corrected chi connectivity index (χ0v) is 15.4. The molecule has 1 aromatic rings. The van der Waals surface area contributed by atoms with Gasteiger partial charge in [0.15, 0.2) is 5.78 Å². The van der Waals surface area contributed by atoms with E-state index in [0.29, 0.717) is 42.9 Å². The molecule has 2 atom stereocenters. The van der Waals surface area contributed by atoms with E-state index in [2.05, 4.69) is 29.5 Å². The first-order valence-electron chi connectivity index (χ1n) is 9.25. The lowest BCUT2D eigenvalue weighted by atomic mass is 9.85. The van der Waals surface area contributed by atoms with E-state index in [-0.39, 0.29) is 23.7 Å². The third-order valence-corrected chi connectivity index (χ3v) is 4.91. The predicted molar refractivity (Wildman–Crippen MR) is 96.8 cm³/mol. The van der Waals surface area contributed by atoms with Gasteiger partial charge in [-0.05, 0) is 12.8 Å². The van der Waals surface area contributed by atoms with Gasteiger partial charge >= 0.3 is 0 Å². The van der Waals surface area contributed by atoms with Gasteiger partial charge in [-0.25, -0.2) is 0 Å². The minimum atomic E-state index is -0.483. The molecule has 140 valence electrons. The van der Waals surface area contributed by atoms with E-state index in [1.165, 1.54) is 0 Å². The van der Waals surface area contributed by atoms with Gasteiger partial charge in [-0.1, -0.05) is 43.3 Å². The minimum Gasteiger partial charge on any atom is -0.378 e. The maximum atomic E-state index is 12.3. The highest BCUT2D eigenvalue weighted by molar-refractivity contribution is 5.99. The quantitative estimate of drug-likeness (QED) is 0.809. The molecule has 2 aliphatic carbocycles. The van der Waals surface area contributed by atoms with Crippen LogP contribution in [0.4, 0.5) is 0 Å². The highest BCUT2D eigenvalue weighted by Gasteiger charge is 2.32. The third-order valence-electron chi connectivity index (χ3n) is 4.91. The topological polar surface area (TPSA) is 81.4 Å². The van der Waals surface area contributed by atoms with Crippen molar-refractivity contribution in [2.75, 3.05) is 13.2 Å². The predicted octanol–water partition coefficient (Wildman–Crippen LogP) is 3.30. The number of aromatic nitrogens is 1. The smallest absolute Gasteiger partial charge is 0.220 e. The first kappa shape index (κ1) is 18.6. The summed E-state index contributed by atoms with van der Waals surface area (Å²) < 4.78 is 11.3.